The molecule has 2 aromatic carbocycles. The number of nitro benzene ring substituents is 1. The third-order valence-electron chi connectivity index (χ3n) is 3.12. The van der Waals surface area contributed by atoms with E-state index in [4.69, 9.17) is 12.2 Å². The Balaban J connectivity index is 1.71. The second kappa shape index (κ2) is 6.87. The van der Waals surface area contributed by atoms with Crippen LogP contribution in [-0.4, -0.2) is 20.9 Å². The summed E-state index contributed by atoms with van der Waals surface area (Å²) >= 11 is 6.20. The molecule has 1 aromatic heterocycles. The first-order valence-corrected chi connectivity index (χ1v) is 8.08. The molecule has 0 saturated heterocycles. The van der Waals surface area contributed by atoms with Crippen LogP contribution in [0.15, 0.2) is 42.5 Å². The highest BCUT2D eigenvalue weighted by atomic mass is 32.1. The van der Waals surface area contributed by atoms with Crippen LogP contribution in [0.25, 0.3) is 10.2 Å². The lowest BCUT2D eigenvalue weighted by molar-refractivity contribution is -0.384. The number of hydrogen-bond acceptors (Lipinski definition) is 6. The second-order valence-electron chi connectivity index (χ2n) is 4.85. The Hall–Kier alpha value is -2.98. The molecule has 126 valence electrons. The lowest BCUT2D eigenvalue weighted by Gasteiger charge is -2.07. The molecule has 0 aliphatic carbocycles. The maximum absolute atomic E-state index is 13.1. The van der Waals surface area contributed by atoms with E-state index in [1.54, 1.807) is 0 Å². The number of nitrogens with one attached hydrogen (secondary N) is 2. The number of halogens is 1. The minimum atomic E-state index is -0.561. The summed E-state index contributed by atoms with van der Waals surface area (Å²) in [5.41, 5.74) is 0.658. The van der Waals surface area contributed by atoms with E-state index in [0.29, 0.717) is 15.3 Å². The van der Waals surface area contributed by atoms with Gasteiger partial charge >= 0.3 is 0 Å². The first-order valence-electron chi connectivity index (χ1n) is 6.85. The molecule has 0 bridgehead atoms. The maximum atomic E-state index is 13.1. The van der Waals surface area contributed by atoms with Gasteiger partial charge in [0.25, 0.3) is 11.6 Å². The average Bonchev–Trinajstić information content (AvgIpc) is 2.95. The van der Waals surface area contributed by atoms with E-state index in [0.717, 1.165) is 17.4 Å². The molecule has 25 heavy (non-hydrogen) atoms. The Labute approximate surface area is 149 Å². The summed E-state index contributed by atoms with van der Waals surface area (Å²) in [7, 11) is 0. The first kappa shape index (κ1) is 16.9. The molecule has 0 aliphatic heterocycles. The monoisotopic (exact) mass is 376 g/mol. The molecule has 1 heterocycles. The summed E-state index contributed by atoms with van der Waals surface area (Å²) in [5, 5.41) is 16.3. The van der Waals surface area contributed by atoms with Crippen LogP contribution in [0.1, 0.15) is 10.4 Å². The zero-order valence-electron chi connectivity index (χ0n) is 12.4. The Kier molecular flexibility index (Phi) is 4.63. The van der Waals surface area contributed by atoms with E-state index in [1.165, 1.54) is 36.4 Å². The highest BCUT2D eigenvalue weighted by Crippen LogP contribution is 2.29. The van der Waals surface area contributed by atoms with Crippen LogP contribution < -0.4 is 10.6 Å². The molecule has 3 aromatic rings. The standard InChI is InChI=1S/C15H9FN4O3S2/c16-9-3-1-2-8(6-9)13(21)18-14(24)19-15-17-11-5-4-10(20(22)23)7-12(11)25-15/h1-7H,(H2,17,18,19,21,24). The lowest BCUT2D eigenvalue weighted by Crippen LogP contribution is -2.34. The van der Waals surface area contributed by atoms with E-state index in [2.05, 4.69) is 15.6 Å². The van der Waals surface area contributed by atoms with Gasteiger partial charge in [0.05, 0.1) is 15.1 Å². The van der Waals surface area contributed by atoms with Crippen molar-refractivity contribution in [2.24, 2.45) is 0 Å². The van der Waals surface area contributed by atoms with Crippen molar-refractivity contribution in [3.05, 3.63) is 64.0 Å². The molecular weight excluding hydrogens is 367 g/mol. The van der Waals surface area contributed by atoms with Crippen molar-refractivity contribution in [2.75, 3.05) is 5.32 Å². The predicted octanol–water partition coefficient (Wildman–Crippen LogP) is 3.47. The van der Waals surface area contributed by atoms with Gasteiger partial charge in [0.2, 0.25) is 0 Å². The van der Waals surface area contributed by atoms with Gasteiger partial charge in [0, 0.05) is 17.7 Å². The molecule has 0 radical (unpaired) electrons. The van der Waals surface area contributed by atoms with Gasteiger partial charge in [-0.15, -0.1) is 0 Å². The van der Waals surface area contributed by atoms with Crippen molar-refractivity contribution in [3.63, 3.8) is 0 Å². The number of nitrogens with zero attached hydrogens (tertiary/aromatic N) is 2. The highest BCUT2D eigenvalue weighted by molar-refractivity contribution is 7.80. The van der Waals surface area contributed by atoms with Crippen molar-refractivity contribution >= 4 is 55.6 Å². The third-order valence-corrected chi connectivity index (χ3v) is 4.25. The fourth-order valence-corrected chi connectivity index (χ4v) is 3.17. The van der Waals surface area contributed by atoms with Gasteiger partial charge < -0.3 is 5.32 Å². The minimum Gasteiger partial charge on any atom is -0.308 e. The Bertz CT molecular complexity index is 1010. The molecule has 0 spiro atoms. The number of carbonyl (C=O) groups excluding carboxylic acids is 1. The molecule has 0 fully saturated rings. The number of carbonyl (C=O) groups is 1. The summed E-state index contributed by atoms with van der Waals surface area (Å²) in [4.78, 5) is 26.5. The SMILES string of the molecule is O=C(NC(=S)Nc1nc2ccc([N+](=O)[O-])cc2s1)c1cccc(F)c1. The van der Waals surface area contributed by atoms with Crippen LogP contribution in [0.4, 0.5) is 15.2 Å². The number of nitro groups is 1. The molecule has 0 aliphatic rings. The molecule has 0 unspecified atom stereocenters. The zero-order valence-corrected chi connectivity index (χ0v) is 14.0. The predicted molar refractivity (Wildman–Crippen MR) is 96.4 cm³/mol. The Morgan fingerprint density at radius 1 is 1.28 bits per heavy atom. The molecule has 0 saturated carbocycles. The van der Waals surface area contributed by atoms with Crippen LogP contribution in [-0.2, 0) is 0 Å². The number of rotatable bonds is 3. The number of fused-ring (bicyclic) bond motifs is 1. The summed E-state index contributed by atoms with van der Waals surface area (Å²) in [5.74, 6) is -1.09. The van der Waals surface area contributed by atoms with Gasteiger partial charge in [0.15, 0.2) is 10.2 Å². The highest BCUT2D eigenvalue weighted by Gasteiger charge is 2.13. The van der Waals surface area contributed by atoms with E-state index >= 15 is 0 Å². The van der Waals surface area contributed by atoms with Gasteiger partial charge in [-0.25, -0.2) is 9.37 Å². The van der Waals surface area contributed by atoms with Crippen molar-refractivity contribution in [1.29, 1.82) is 0 Å². The van der Waals surface area contributed by atoms with Gasteiger partial charge in [0.1, 0.15) is 5.82 Å². The molecule has 7 nitrogen and oxygen atoms in total. The van der Waals surface area contributed by atoms with Crippen molar-refractivity contribution < 1.29 is 14.1 Å². The number of thiazole rings is 1. The van der Waals surface area contributed by atoms with Gasteiger partial charge in [-0.1, -0.05) is 17.4 Å². The average molecular weight is 376 g/mol. The van der Waals surface area contributed by atoms with Gasteiger partial charge in [-0.05, 0) is 36.5 Å². The number of benzene rings is 2. The summed E-state index contributed by atoms with van der Waals surface area (Å²) < 4.78 is 13.7. The molecule has 3 rings (SSSR count). The van der Waals surface area contributed by atoms with Crippen LogP contribution in [0, 0.1) is 15.9 Å². The summed E-state index contributed by atoms with van der Waals surface area (Å²) in [6.07, 6.45) is 0. The number of hydrogen-bond donors (Lipinski definition) is 2. The van der Waals surface area contributed by atoms with E-state index in [1.807, 2.05) is 0 Å². The second-order valence-corrected chi connectivity index (χ2v) is 6.29. The topological polar surface area (TPSA) is 97.2 Å². The third kappa shape index (κ3) is 3.92. The fraction of sp³-hybridized carbons (Fsp3) is 0. The molecule has 1 amide bonds. The maximum Gasteiger partial charge on any atom is 0.270 e. The van der Waals surface area contributed by atoms with Crippen molar-refractivity contribution in [3.8, 4) is 0 Å². The summed E-state index contributed by atoms with van der Waals surface area (Å²) in [6.45, 7) is 0. The first-order chi connectivity index (χ1) is 11.9. The van der Waals surface area contributed by atoms with Crippen LogP contribution in [0.5, 0.6) is 0 Å². The van der Waals surface area contributed by atoms with Crippen LogP contribution in [0.3, 0.4) is 0 Å². The smallest absolute Gasteiger partial charge is 0.270 e. The van der Waals surface area contributed by atoms with Crippen LogP contribution in [0.2, 0.25) is 0 Å². The molecule has 10 heteroatoms. The quantitative estimate of drug-likeness (QED) is 0.413. The normalized spacial score (nSPS) is 10.4. The van der Waals surface area contributed by atoms with Crippen molar-refractivity contribution in [1.82, 2.24) is 10.3 Å². The van der Waals surface area contributed by atoms with E-state index in [-0.39, 0.29) is 16.4 Å². The van der Waals surface area contributed by atoms with Crippen molar-refractivity contribution in [2.45, 2.75) is 0 Å². The van der Waals surface area contributed by atoms with E-state index in [9.17, 15) is 19.3 Å². The largest absolute Gasteiger partial charge is 0.308 e. The van der Waals surface area contributed by atoms with Gasteiger partial charge in [-0.3, -0.25) is 20.2 Å². The van der Waals surface area contributed by atoms with Gasteiger partial charge in [-0.2, -0.15) is 0 Å². The molecular formula is C15H9FN4O3S2. The van der Waals surface area contributed by atoms with E-state index < -0.39 is 16.6 Å². The number of aromatic nitrogens is 1. The number of non-ortho nitro benzene ring substituents is 1. The number of anilines is 1. The summed E-state index contributed by atoms with van der Waals surface area (Å²) in [6, 6.07) is 9.49. The Morgan fingerprint density at radius 3 is 2.80 bits per heavy atom. The fourth-order valence-electron chi connectivity index (χ4n) is 2.01. The van der Waals surface area contributed by atoms with Crippen LogP contribution >= 0.6 is 23.6 Å². The number of thiocarbonyl (C=S) groups is 1. The molecule has 2 N–H and O–H groups in total. The number of amides is 1. The minimum absolute atomic E-state index is 0.0113. The lowest BCUT2D eigenvalue weighted by atomic mass is 10.2. The Morgan fingerprint density at radius 2 is 2.08 bits per heavy atom. The molecule has 0 atom stereocenters. The zero-order chi connectivity index (χ0) is 18.0.